The van der Waals surface area contributed by atoms with E-state index in [2.05, 4.69) is 27.4 Å². The standard InChI is InChI=1S/C16H14ClN3/c1-11-8-12(13-4-2-3-5-15(13)20-11)9-19-16-10-18-7-6-14(16)17/h2-8,10,19H,9H2,1H3. The maximum atomic E-state index is 6.13. The first kappa shape index (κ1) is 12.9. The average molecular weight is 284 g/mol. The van der Waals surface area contributed by atoms with Gasteiger partial charge >= 0.3 is 0 Å². The zero-order valence-electron chi connectivity index (χ0n) is 11.1. The van der Waals surface area contributed by atoms with E-state index in [4.69, 9.17) is 11.6 Å². The van der Waals surface area contributed by atoms with E-state index in [1.54, 1.807) is 18.5 Å². The number of aromatic nitrogens is 2. The Morgan fingerprint density at radius 3 is 2.90 bits per heavy atom. The highest BCUT2D eigenvalue weighted by molar-refractivity contribution is 6.33. The van der Waals surface area contributed by atoms with Gasteiger partial charge in [-0.25, -0.2) is 0 Å². The van der Waals surface area contributed by atoms with E-state index in [0.29, 0.717) is 11.6 Å². The SMILES string of the molecule is Cc1cc(CNc2cnccc2Cl)c2ccccc2n1. The molecule has 1 aromatic carbocycles. The van der Waals surface area contributed by atoms with E-state index in [-0.39, 0.29) is 0 Å². The second kappa shape index (κ2) is 5.47. The van der Waals surface area contributed by atoms with Gasteiger partial charge < -0.3 is 5.32 Å². The van der Waals surface area contributed by atoms with Gasteiger partial charge in [0.2, 0.25) is 0 Å². The lowest BCUT2D eigenvalue weighted by molar-refractivity contribution is 1.12. The summed E-state index contributed by atoms with van der Waals surface area (Å²) in [6.07, 6.45) is 3.41. The molecule has 0 saturated carbocycles. The molecule has 0 radical (unpaired) electrons. The highest BCUT2D eigenvalue weighted by Gasteiger charge is 2.05. The number of anilines is 1. The number of aryl methyl sites for hydroxylation is 1. The third-order valence-corrected chi connectivity index (χ3v) is 3.50. The van der Waals surface area contributed by atoms with Crippen LogP contribution >= 0.6 is 11.6 Å². The van der Waals surface area contributed by atoms with Crippen LogP contribution < -0.4 is 5.32 Å². The zero-order chi connectivity index (χ0) is 13.9. The monoisotopic (exact) mass is 283 g/mol. The van der Waals surface area contributed by atoms with Crippen molar-refractivity contribution in [3.8, 4) is 0 Å². The highest BCUT2D eigenvalue weighted by Crippen LogP contribution is 2.22. The smallest absolute Gasteiger partial charge is 0.0718 e. The fourth-order valence-corrected chi connectivity index (χ4v) is 2.41. The summed E-state index contributed by atoms with van der Waals surface area (Å²) < 4.78 is 0. The number of benzene rings is 1. The van der Waals surface area contributed by atoms with Gasteiger partial charge in [0.1, 0.15) is 0 Å². The molecular formula is C16H14ClN3. The number of fused-ring (bicyclic) bond motifs is 1. The van der Waals surface area contributed by atoms with Crippen molar-refractivity contribution in [3.05, 3.63) is 65.1 Å². The molecule has 100 valence electrons. The second-order valence-electron chi connectivity index (χ2n) is 4.65. The average Bonchev–Trinajstić information content (AvgIpc) is 2.46. The van der Waals surface area contributed by atoms with E-state index in [1.165, 1.54) is 5.56 Å². The third-order valence-electron chi connectivity index (χ3n) is 3.17. The first-order chi connectivity index (χ1) is 9.74. The van der Waals surface area contributed by atoms with E-state index < -0.39 is 0 Å². The van der Waals surface area contributed by atoms with Gasteiger partial charge in [0.05, 0.1) is 22.4 Å². The van der Waals surface area contributed by atoms with Gasteiger partial charge in [-0.3, -0.25) is 9.97 Å². The van der Waals surface area contributed by atoms with Gasteiger partial charge in [0.15, 0.2) is 0 Å². The number of para-hydroxylation sites is 1. The van der Waals surface area contributed by atoms with Crippen LogP contribution in [0.1, 0.15) is 11.3 Å². The molecule has 1 N–H and O–H groups in total. The predicted octanol–water partition coefficient (Wildman–Crippen LogP) is 4.20. The van der Waals surface area contributed by atoms with Crippen LogP contribution in [0.4, 0.5) is 5.69 Å². The largest absolute Gasteiger partial charge is 0.378 e. The van der Waals surface area contributed by atoms with Crippen LogP contribution in [0.3, 0.4) is 0 Å². The van der Waals surface area contributed by atoms with Gasteiger partial charge in [0.25, 0.3) is 0 Å². The van der Waals surface area contributed by atoms with Crippen LogP contribution in [0.2, 0.25) is 5.02 Å². The predicted molar refractivity (Wildman–Crippen MR) is 83.1 cm³/mol. The minimum Gasteiger partial charge on any atom is -0.378 e. The summed E-state index contributed by atoms with van der Waals surface area (Å²) in [5.41, 5.74) is 4.07. The van der Waals surface area contributed by atoms with E-state index in [9.17, 15) is 0 Å². The number of hydrogen-bond acceptors (Lipinski definition) is 3. The minimum absolute atomic E-state index is 0.676. The normalized spacial score (nSPS) is 10.7. The minimum atomic E-state index is 0.676. The van der Waals surface area contributed by atoms with Crippen molar-refractivity contribution in [2.75, 3.05) is 5.32 Å². The molecule has 20 heavy (non-hydrogen) atoms. The third kappa shape index (κ3) is 2.58. The molecule has 2 heterocycles. The fraction of sp³-hybridized carbons (Fsp3) is 0.125. The molecular weight excluding hydrogens is 270 g/mol. The Kier molecular flexibility index (Phi) is 3.52. The molecule has 0 aliphatic rings. The van der Waals surface area contributed by atoms with Gasteiger partial charge in [-0.15, -0.1) is 0 Å². The Hall–Kier alpha value is -2.13. The van der Waals surface area contributed by atoms with Gasteiger partial charge in [0, 0.05) is 23.8 Å². The number of rotatable bonds is 3. The number of nitrogens with zero attached hydrogens (tertiary/aromatic N) is 2. The zero-order valence-corrected chi connectivity index (χ0v) is 11.9. The van der Waals surface area contributed by atoms with E-state index >= 15 is 0 Å². The summed E-state index contributed by atoms with van der Waals surface area (Å²) in [5, 5.41) is 5.16. The first-order valence-corrected chi connectivity index (χ1v) is 6.80. The topological polar surface area (TPSA) is 37.8 Å². The van der Waals surface area contributed by atoms with Gasteiger partial charge in [-0.2, -0.15) is 0 Å². The lowest BCUT2D eigenvalue weighted by atomic mass is 10.1. The van der Waals surface area contributed by atoms with Gasteiger partial charge in [-0.05, 0) is 30.7 Å². The number of halogens is 1. The molecule has 0 aliphatic heterocycles. The van der Waals surface area contributed by atoms with Crippen LogP contribution in [0.15, 0.2) is 48.8 Å². The summed E-state index contributed by atoms with van der Waals surface area (Å²) in [7, 11) is 0. The quantitative estimate of drug-likeness (QED) is 0.783. The Morgan fingerprint density at radius 1 is 1.20 bits per heavy atom. The van der Waals surface area contributed by atoms with E-state index in [0.717, 1.165) is 22.3 Å². The maximum absolute atomic E-state index is 6.13. The highest BCUT2D eigenvalue weighted by atomic mass is 35.5. The van der Waals surface area contributed by atoms with Crippen LogP contribution in [-0.4, -0.2) is 9.97 Å². The van der Waals surface area contributed by atoms with E-state index in [1.807, 2.05) is 25.1 Å². The summed E-state index contributed by atoms with van der Waals surface area (Å²) in [6.45, 7) is 2.70. The van der Waals surface area contributed by atoms with Crippen LogP contribution in [0.25, 0.3) is 10.9 Å². The maximum Gasteiger partial charge on any atom is 0.0718 e. The molecule has 3 rings (SSSR count). The molecule has 0 amide bonds. The molecule has 0 spiro atoms. The molecule has 2 aromatic heterocycles. The molecule has 0 aliphatic carbocycles. The van der Waals surface area contributed by atoms with Crippen molar-refractivity contribution in [2.45, 2.75) is 13.5 Å². The molecule has 0 unspecified atom stereocenters. The Bertz CT molecular complexity index is 756. The number of nitrogens with one attached hydrogen (secondary N) is 1. The van der Waals surface area contributed by atoms with Crippen LogP contribution in [0.5, 0.6) is 0 Å². The van der Waals surface area contributed by atoms with Gasteiger partial charge in [-0.1, -0.05) is 29.8 Å². The summed E-state index contributed by atoms with van der Waals surface area (Å²) in [6, 6.07) is 12.0. The fourth-order valence-electron chi connectivity index (χ4n) is 2.24. The molecule has 0 saturated heterocycles. The molecule has 0 fully saturated rings. The molecule has 3 aromatic rings. The first-order valence-electron chi connectivity index (χ1n) is 6.43. The lowest BCUT2D eigenvalue weighted by Gasteiger charge is -2.11. The Labute approximate surface area is 122 Å². The summed E-state index contributed by atoms with van der Waals surface area (Å²) in [4.78, 5) is 8.62. The van der Waals surface area contributed by atoms with Crippen molar-refractivity contribution < 1.29 is 0 Å². The summed E-state index contributed by atoms with van der Waals surface area (Å²) >= 11 is 6.13. The van der Waals surface area contributed by atoms with Crippen LogP contribution in [0, 0.1) is 6.92 Å². The lowest BCUT2D eigenvalue weighted by Crippen LogP contribution is -2.02. The Morgan fingerprint density at radius 2 is 2.05 bits per heavy atom. The molecule has 0 bridgehead atoms. The molecule has 0 atom stereocenters. The molecule has 3 nitrogen and oxygen atoms in total. The van der Waals surface area contributed by atoms with Crippen molar-refractivity contribution in [1.29, 1.82) is 0 Å². The van der Waals surface area contributed by atoms with Crippen molar-refractivity contribution in [2.24, 2.45) is 0 Å². The number of hydrogen-bond donors (Lipinski definition) is 1. The second-order valence-corrected chi connectivity index (χ2v) is 5.06. The molecule has 4 heteroatoms. The Balaban J connectivity index is 1.93. The summed E-state index contributed by atoms with van der Waals surface area (Å²) in [5.74, 6) is 0. The van der Waals surface area contributed by atoms with Crippen molar-refractivity contribution in [3.63, 3.8) is 0 Å². The van der Waals surface area contributed by atoms with Crippen molar-refractivity contribution >= 4 is 28.2 Å². The van der Waals surface area contributed by atoms with Crippen molar-refractivity contribution in [1.82, 2.24) is 9.97 Å². The number of pyridine rings is 2. The van der Waals surface area contributed by atoms with Crippen LogP contribution in [-0.2, 0) is 6.54 Å².